The zero-order valence-electron chi connectivity index (χ0n) is 17.8. The first-order valence-electron chi connectivity index (χ1n) is 10.2. The Morgan fingerprint density at radius 1 is 1.03 bits per heavy atom. The van der Waals surface area contributed by atoms with Gasteiger partial charge in [0.25, 0.3) is 0 Å². The molecule has 31 heavy (non-hydrogen) atoms. The summed E-state index contributed by atoms with van der Waals surface area (Å²) in [7, 11) is 1.46. The predicted molar refractivity (Wildman–Crippen MR) is 112 cm³/mol. The second-order valence-corrected chi connectivity index (χ2v) is 7.22. The van der Waals surface area contributed by atoms with Crippen molar-refractivity contribution in [1.29, 1.82) is 0 Å². The number of carboxylic acids is 2. The van der Waals surface area contributed by atoms with E-state index in [9.17, 15) is 19.8 Å². The molecule has 0 aliphatic carbocycles. The van der Waals surface area contributed by atoms with Crippen molar-refractivity contribution in [3.05, 3.63) is 46.5 Å². The number of hydrogen-bond donors (Lipinski definition) is 2. The van der Waals surface area contributed by atoms with E-state index in [1.54, 1.807) is 24.3 Å². The Kier molecular flexibility index (Phi) is 6.89. The number of benzene rings is 2. The van der Waals surface area contributed by atoms with E-state index < -0.39 is 18.0 Å². The molecule has 0 fully saturated rings. The maximum absolute atomic E-state index is 12.2. The normalized spacial score (nSPS) is 13.0. The van der Waals surface area contributed by atoms with Crippen molar-refractivity contribution in [2.75, 3.05) is 13.9 Å². The Bertz CT molecular complexity index is 955. The van der Waals surface area contributed by atoms with E-state index in [1.807, 2.05) is 13.8 Å². The third kappa shape index (κ3) is 4.68. The molecule has 2 aromatic rings. The van der Waals surface area contributed by atoms with Crippen LogP contribution in [0.3, 0.4) is 0 Å². The third-order valence-electron chi connectivity index (χ3n) is 4.97. The summed E-state index contributed by atoms with van der Waals surface area (Å²) in [6.45, 7) is 3.95. The van der Waals surface area contributed by atoms with Crippen LogP contribution in [0, 0.1) is 0 Å². The molecule has 1 heterocycles. The fourth-order valence-corrected chi connectivity index (χ4v) is 3.62. The summed E-state index contributed by atoms with van der Waals surface area (Å²) in [5.74, 6) is -0.654. The quantitative estimate of drug-likeness (QED) is 0.576. The molecule has 0 radical (unpaired) electrons. The van der Waals surface area contributed by atoms with Crippen LogP contribution >= 0.6 is 0 Å². The van der Waals surface area contributed by atoms with Gasteiger partial charge in [-0.3, -0.25) is 0 Å². The van der Waals surface area contributed by atoms with Crippen molar-refractivity contribution < 1.29 is 38.7 Å². The number of carbonyl (C=O) groups is 2. The van der Waals surface area contributed by atoms with Crippen LogP contribution in [0.5, 0.6) is 23.0 Å². The van der Waals surface area contributed by atoms with Crippen LogP contribution in [0.2, 0.25) is 0 Å². The standard InChI is InChI=1S/C23H26O8/c1-4-6-13-8-16(22(24)25)9-14(7-5-2)19(13)31-20(23(26)27)15-10-17(28-3)21-18(11-15)29-12-30-21/h8-11,20H,4-7,12H2,1-3H3,(H,24,25)(H,26,27). The lowest BCUT2D eigenvalue weighted by Gasteiger charge is -2.22. The van der Waals surface area contributed by atoms with Crippen molar-refractivity contribution in [2.24, 2.45) is 0 Å². The van der Waals surface area contributed by atoms with Gasteiger partial charge in [-0.2, -0.15) is 0 Å². The summed E-state index contributed by atoms with van der Waals surface area (Å²) in [5, 5.41) is 19.4. The molecule has 0 saturated heterocycles. The minimum Gasteiger partial charge on any atom is -0.493 e. The molecule has 2 aromatic carbocycles. The molecule has 1 unspecified atom stereocenters. The van der Waals surface area contributed by atoms with Crippen LogP contribution in [0.4, 0.5) is 0 Å². The van der Waals surface area contributed by atoms with Gasteiger partial charge in [0.15, 0.2) is 11.5 Å². The van der Waals surface area contributed by atoms with Gasteiger partial charge < -0.3 is 29.2 Å². The smallest absolute Gasteiger partial charge is 0.349 e. The molecule has 1 aliphatic rings. The second-order valence-electron chi connectivity index (χ2n) is 7.22. The molecular formula is C23H26O8. The average Bonchev–Trinajstić information content (AvgIpc) is 3.21. The summed E-state index contributed by atoms with van der Waals surface area (Å²) in [5.41, 5.74) is 1.84. The third-order valence-corrected chi connectivity index (χ3v) is 4.97. The zero-order valence-corrected chi connectivity index (χ0v) is 17.8. The lowest BCUT2D eigenvalue weighted by atomic mass is 9.97. The Morgan fingerprint density at radius 2 is 1.68 bits per heavy atom. The lowest BCUT2D eigenvalue weighted by molar-refractivity contribution is -0.145. The van der Waals surface area contributed by atoms with Crippen molar-refractivity contribution in [3.8, 4) is 23.0 Å². The van der Waals surface area contributed by atoms with Crippen LogP contribution < -0.4 is 18.9 Å². The Labute approximate surface area is 180 Å². The number of rotatable bonds is 10. The molecule has 0 saturated carbocycles. The summed E-state index contributed by atoms with van der Waals surface area (Å²) < 4.78 is 22.2. The Morgan fingerprint density at radius 3 is 2.19 bits per heavy atom. The highest BCUT2D eigenvalue weighted by molar-refractivity contribution is 5.88. The van der Waals surface area contributed by atoms with Crippen LogP contribution in [0.15, 0.2) is 24.3 Å². The fraction of sp³-hybridized carbons (Fsp3) is 0.391. The van der Waals surface area contributed by atoms with Crippen molar-refractivity contribution in [3.63, 3.8) is 0 Å². The van der Waals surface area contributed by atoms with Gasteiger partial charge in [-0.25, -0.2) is 9.59 Å². The number of hydrogen-bond acceptors (Lipinski definition) is 6. The number of methoxy groups -OCH3 is 1. The molecule has 2 N–H and O–H groups in total. The van der Waals surface area contributed by atoms with Crippen LogP contribution in [0.1, 0.15) is 59.8 Å². The number of aryl methyl sites for hydroxylation is 2. The molecule has 166 valence electrons. The monoisotopic (exact) mass is 430 g/mol. The molecule has 1 aliphatic heterocycles. The maximum Gasteiger partial charge on any atom is 0.349 e. The summed E-state index contributed by atoms with van der Waals surface area (Å²) >= 11 is 0. The molecule has 0 aromatic heterocycles. The van der Waals surface area contributed by atoms with E-state index in [-0.39, 0.29) is 12.4 Å². The van der Waals surface area contributed by atoms with Crippen LogP contribution in [-0.4, -0.2) is 36.1 Å². The molecule has 0 bridgehead atoms. The molecule has 0 amide bonds. The Hall–Kier alpha value is -3.42. The largest absolute Gasteiger partial charge is 0.493 e. The van der Waals surface area contributed by atoms with E-state index in [0.717, 1.165) is 12.8 Å². The highest BCUT2D eigenvalue weighted by Crippen LogP contribution is 2.44. The average molecular weight is 430 g/mol. The number of ether oxygens (including phenoxy) is 4. The van der Waals surface area contributed by atoms with Gasteiger partial charge in [0.05, 0.1) is 12.7 Å². The molecule has 8 heteroatoms. The lowest BCUT2D eigenvalue weighted by Crippen LogP contribution is -2.20. The molecule has 3 rings (SSSR count). The fourth-order valence-electron chi connectivity index (χ4n) is 3.62. The highest BCUT2D eigenvalue weighted by Gasteiger charge is 2.30. The van der Waals surface area contributed by atoms with E-state index in [4.69, 9.17) is 18.9 Å². The van der Waals surface area contributed by atoms with Crippen molar-refractivity contribution in [1.82, 2.24) is 0 Å². The summed E-state index contributed by atoms with van der Waals surface area (Å²) in [4.78, 5) is 23.8. The maximum atomic E-state index is 12.2. The molecule has 8 nitrogen and oxygen atoms in total. The number of fused-ring (bicyclic) bond motifs is 1. The van der Waals surface area contributed by atoms with Crippen LogP contribution in [-0.2, 0) is 17.6 Å². The van der Waals surface area contributed by atoms with Crippen molar-refractivity contribution in [2.45, 2.75) is 45.6 Å². The van der Waals surface area contributed by atoms with Crippen LogP contribution in [0.25, 0.3) is 0 Å². The number of aromatic carboxylic acids is 1. The first-order chi connectivity index (χ1) is 14.9. The van der Waals surface area contributed by atoms with E-state index in [2.05, 4.69) is 0 Å². The number of carboxylic acid groups (broad SMARTS) is 2. The molecule has 1 atom stereocenters. The van der Waals surface area contributed by atoms with Gasteiger partial charge in [0, 0.05) is 5.56 Å². The van der Waals surface area contributed by atoms with Gasteiger partial charge in [-0.05, 0) is 48.2 Å². The van der Waals surface area contributed by atoms with Gasteiger partial charge in [-0.15, -0.1) is 0 Å². The summed E-state index contributed by atoms with van der Waals surface area (Å²) in [6, 6.07) is 6.23. The topological polar surface area (TPSA) is 112 Å². The van der Waals surface area contributed by atoms with Crippen molar-refractivity contribution >= 4 is 11.9 Å². The number of aliphatic carboxylic acids is 1. The first kappa shape index (κ1) is 22.3. The Balaban J connectivity index is 2.09. The minimum absolute atomic E-state index is 0.0195. The summed E-state index contributed by atoms with van der Waals surface area (Å²) in [6.07, 6.45) is 1.28. The molecular weight excluding hydrogens is 404 g/mol. The molecule has 0 spiro atoms. The minimum atomic E-state index is -1.34. The highest BCUT2D eigenvalue weighted by atomic mass is 16.7. The van der Waals surface area contributed by atoms with Gasteiger partial charge in [0.1, 0.15) is 5.75 Å². The first-order valence-corrected chi connectivity index (χ1v) is 10.2. The van der Waals surface area contributed by atoms with E-state index in [0.29, 0.717) is 52.5 Å². The SMILES string of the molecule is CCCc1cc(C(=O)O)cc(CCC)c1OC(C(=O)O)c1cc(OC)c2c(c1)OCO2. The van der Waals surface area contributed by atoms with E-state index in [1.165, 1.54) is 7.11 Å². The van der Waals surface area contributed by atoms with Gasteiger partial charge in [0.2, 0.25) is 18.6 Å². The van der Waals surface area contributed by atoms with Gasteiger partial charge in [-0.1, -0.05) is 26.7 Å². The second kappa shape index (κ2) is 9.59. The van der Waals surface area contributed by atoms with E-state index >= 15 is 0 Å². The van der Waals surface area contributed by atoms with Gasteiger partial charge >= 0.3 is 11.9 Å². The predicted octanol–water partition coefficient (Wildman–Crippen LogP) is 4.23. The zero-order chi connectivity index (χ0) is 22.5.